The molecule has 0 saturated carbocycles. The van der Waals surface area contributed by atoms with E-state index in [9.17, 15) is 4.79 Å². The summed E-state index contributed by atoms with van der Waals surface area (Å²) in [6.07, 6.45) is -0.654. The van der Waals surface area contributed by atoms with Gasteiger partial charge in [0.25, 0.3) is 5.24 Å². The standard InChI is InChI=1S/C4H6Cl2O2/c1-8-3(2-5)4(6)7/h3H,2H2,1H3. The van der Waals surface area contributed by atoms with Crippen LogP contribution in [0.5, 0.6) is 0 Å². The maximum absolute atomic E-state index is 10.2. The van der Waals surface area contributed by atoms with Crippen LogP contribution in [0, 0.1) is 0 Å². The van der Waals surface area contributed by atoms with Crippen LogP contribution in [0.1, 0.15) is 0 Å². The van der Waals surface area contributed by atoms with Crippen molar-refractivity contribution < 1.29 is 9.53 Å². The Hall–Kier alpha value is 0.210. The Labute approximate surface area is 57.7 Å². The minimum absolute atomic E-state index is 0.110. The van der Waals surface area contributed by atoms with E-state index in [1.165, 1.54) is 7.11 Å². The van der Waals surface area contributed by atoms with Gasteiger partial charge in [0.15, 0.2) is 0 Å². The van der Waals surface area contributed by atoms with Gasteiger partial charge >= 0.3 is 0 Å². The molecular weight excluding hydrogens is 151 g/mol. The van der Waals surface area contributed by atoms with Crippen LogP contribution < -0.4 is 0 Å². The number of rotatable bonds is 3. The van der Waals surface area contributed by atoms with Crippen LogP contribution in [0.4, 0.5) is 0 Å². The van der Waals surface area contributed by atoms with Gasteiger partial charge in [0.1, 0.15) is 6.10 Å². The molecule has 0 spiro atoms. The molecule has 0 aliphatic heterocycles. The number of carbonyl (C=O) groups is 1. The number of ether oxygens (including phenoxy) is 1. The lowest BCUT2D eigenvalue weighted by Crippen LogP contribution is -2.19. The number of halogens is 2. The number of alkyl halides is 1. The van der Waals surface area contributed by atoms with E-state index in [1.54, 1.807) is 0 Å². The van der Waals surface area contributed by atoms with Gasteiger partial charge in [-0.1, -0.05) is 0 Å². The highest BCUT2D eigenvalue weighted by Crippen LogP contribution is 1.97. The zero-order chi connectivity index (χ0) is 6.57. The molecule has 0 aromatic heterocycles. The number of methoxy groups -OCH3 is 1. The molecule has 0 rings (SSSR count). The largest absolute Gasteiger partial charge is 0.371 e. The van der Waals surface area contributed by atoms with Gasteiger partial charge in [-0.15, -0.1) is 11.6 Å². The quantitative estimate of drug-likeness (QED) is 0.451. The zero-order valence-corrected chi connectivity index (χ0v) is 5.87. The van der Waals surface area contributed by atoms with E-state index >= 15 is 0 Å². The van der Waals surface area contributed by atoms with E-state index < -0.39 is 11.3 Å². The maximum Gasteiger partial charge on any atom is 0.251 e. The van der Waals surface area contributed by atoms with Crippen molar-refractivity contribution in [3.63, 3.8) is 0 Å². The van der Waals surface area contributed by atoms with Crippen molar-refractivity contribution in [2.24, 2.45) is 0 Å². The fraction of sp³-hybridized carbons (Fsp3) is 0.750. The molecule has 0 heterocycles. The van der Waals surface area contributed by atoms with Gasteiger partial charge < -0.3 is 4.74 Å². The van der Waals surface area contributed by atoms with Crippen LogP contribution in [0.15, 0.2) is 0 Å². The molecule has 0 aromatic rings. The Balaban J connectivity index is 3.52. The third kappa shape index (κ3) is 2.50. The number of hydrogen-bond acceptors (Lipinski definition) is 2. The first-order valence-electron chi connectivity index (χ1n) is 2.00. The van der Waals surface area contributed by atoms with Crippen LogP contribution in [-0.2, 0) is 9.53 Å². The van der Waals surface area contributed by atoms with Crippen molar-refractivity contribution in [2.75, 3.05) is 13.0 Å². The molecule has 0 bridgehead atoms. The van der Waals surface area contributed by atoms with Gasteiger partial charge in [0, 0.05) is 7.11 Å². The Kier molecular flexibility index (Phi) is 4.23. The summed E-state index contributed by atoms with van der Waals surface area (Å²) in [4.78, 5) is 10.2. The van der Waals surface area contributed by atoms with Gasteiger partial charge in [-0.2, -0.15) is 0 Å². The highest BCUT2D eigenvalue weighted by molar-refractivity contribution is 6.65. The summed E-state index contributed by atoms with van der Waals surface area (Å²) in [5.41, 5.74) is 0. The van der Waals surface area contributed by atoms with Gasteiger partial charge in [-0.3, -0.25) is 4.79 Å². The van der Waals surface area contributed by atoms with E-state index in [4.69, 9.17) is 23.2 Å². The summed E-state index contributed by atoms with van der Waals surface area (Å²) in [6.45, 7) is 0. The van der Waals surface area contributed by atoms with Crippen molar-refractivity contribution in [2.45, 2.75) is 6.10 Å². The summed E-state index contributed by atoms with van der Waals surface area (Å²) in [5, 5.41) is -0.553. The summed E-state index contributed by atoms with van der Waals surface area (Å²) in [5.74, 6) is 0.110. The number of hydrogen-bond donors (Lipinski definition) is 0. The highest BCUT2D eigenvalue weighted by Gasteiger charge is 2.11. The number of carbonyl (C=O) groups excluding carboxylic acids is 1. The van der Waals surface area contributed by atoms with Crippen molar-refractivity contribution in [3.05, 3.63) is 0 Å². The second-order valence-electron chi connectivity index (χ2n) is 1.18. The molecule has 1 atom stereocenters. The topological polar surface area (TPSA) is 26.3 Å². The van der Waals surface area contributed by atoms with Gasteiger partial charge in [-0.25, -0.2) is 0 Å². The van der Waals surface area contributed by atoms with Crippen molar-refractivity contribution in [3.8, 4) is 0 Å². The molecule has 0 N–H and O–H groups in total. The molecule has 1 unspecified atom stereocenters. The first-order valence-corrected chi connectivity index (χ1v) is 2.91. The molecule has 0 aliphatic rings. The smallest absolute Gasteiger partial charge is 0.251 e. The Morgan fingerprint density at radius 1 is 1.88 bits per heavy atom. The summed E-state index contributed by atoms with van der Waals surface area (Å²) >= 11 is 10.2. The molecule has 0 aliphatic carbocycles. The lowest BCUT2D eigenvalue weighted by molar-refractivity contribution is -0.119. The third-order valence-electron chi connectivity index (χ3n) is 0.678. The lowest BCUT2D eigenvalue weighted by Gasteiger charge is -2.02. The average Bonchev–Trinajstić information content (AvgIpc) is 1.69. The van der Waals surface area contributed by atoms with Crippen LogP contribution in [-0.4, -0.2) is 24.3 Å². The van der Waals surface area contributed by atoms with Gasteiger partial charge in [0.2, 0.25) is 0 Å². The van der Waals surface area contributed by atoms with Crippen LogP contribution in [0.2, 0.25) is 0 Å². The predicted molar refractivity (Wildman–Crippen MR) is 32.4 cm³/mol. The monoisotopic (exact) mass is 156 g/mol. The Bertz CT molecular complexity index is 80.1. The average molecular weight is 157 g/mol. The normalized spacial score (nSPS) is 13.4. The minimum Gasteiger partial charge on any atom is -0.371 e. The van der Waals surface area contributed by atoms with Crippen molar-refractivity contribution in [1.82, 2.24) is 0 Å². The summed E-state index contributed by atoms with van der Waals surface area (Å²) in [6, 6.07) is 0. The van der Waals surface area contributed by atoms with E-state index in [1.807, 2.05) is 0 Å². The van der Waals surface area contributed by atoms with Crippen LogP contribution in [0.25, 0.3) is 0 Å². The lowest BCUT2D eigenvalue weighted by atomic mass is 10.5. The molecule has 0 radical (unpaired) electrons. The molecule has 8 heavy (non-hydrogen) atoms. The van der Waals surface area contributed by atoms with E-state index in [0.29, 0.717) is 0 Å². The van der Waals surface area contributed by atoms with Crippen molar-refractivity contribution >= 4 is 28.4 Å². The fourth-order valence-electron chi connectivity index (χ4n) is 0.216. The second kappa shape index (κ2) is 4.13. The molecule has 0 amide bonds. The highest BCUT2D eigenvalue weighted by atomic mass is 35.5. The minimum atomic E-state index is -0.654. The molecule has 48 valence electrons. The molecule has 2 nitrogen and oxygen atoms in total. The molecular formula is C4H6Cl2O2. The van der Waals surface area contributed by atoms with Crippen LogP contribution in [0.3, 0.4) is 0 Å². The fourth-order valence-corrected chi connectivity index (χ4v) is 0.728. The third-order valence-corrected chi connectivity index (χ3v) is 1.20. The Morgan fingerprint density at radius 3 is 2.38 bits per heavy atom. The molecule has 0 fully saturated rings. The first-order chi connectivity index (χ1) is 3.72. The second-order valence-corrected chi connectivity index (χ2v) is 1.86. The summed E-state index contributed by atoms with van der Waals surface area (Å²) in [7, 11) is 1.38. The Morgan fingerprint density at radius 2 is 2.38 bits per heavy atom. The van der Waals surface area contributed by atoms with Gasteiger partial charge in [-0.05, 0) is 11.6 Å². The SMILES string of the molecule is COC(CCl)C(=O)Cl. The van der Waals surface area contributed by atoms with E-state index in [0.717, 1.165) is 0 Å². The zero-order valence-electron chi connectivity index (χ0n) is 4.36. The first kappa shape index (κ1) is 8.21. The summed E-state index contributed by atoms with van der Waals surface area (Å²) < 4.78 is 4.55. The van der Waals surface area contributed by atoms with Crippen LogP contribution >= 0.6 is 23.2 Å². The van der Waals surface area contributed by atoms with Gasteiger partial charge in [0.05, 0.1) is 5.88 Å². The molecule has 0 saturated heterocycles. The molecule has 4 heteroatoms. The predicted octanol–water partition coefficient (Wildman–Crippen LogP) is 1.01. The molecule has 0 aromatic carbocycles. The van der Waals surface area contributed by atoms with E-state index in [-0.39, 0.29) is 5.88 Å². The van der Waals surface area contributed by atoms with E-state index in [2.05, 4.69) is 4.74 Å². The van der Waals surface area contributed by atoms with Crippen molar-refractivity contribution in [1.29, 1.82) is 0 Å². The maximum atomic E-state index is 10.2.